The van der Waals surface area contributed by atoms with Crippen LogP contribution < -0.4 is 9.47 Å². The van der Waals surface area contributed by atoms with Crippen molar-refractivity contribution in [2.75, 3.05) is 26.9 Å². The van der Waals surface area contributed by atoms with Crippen molar-refractivity contribution in [2.24, 2.45) is 0 Å². The third-order valence-electron chi connectivity index (χ3n) is 4.22. The van der Waals surface area contributed by atoms with Crippen LogP contribution in [0.2, 0.25) is 0 Å². The van der Waals surface area contributed by atoms with Gasteiger partial charge in [-0.25, -0.2) is 0 Å². The maximum absolute atomic E-state index is 6.24. The van der Waals surface area contributed by atoms with E-state index in [1.165, 1.54) is 0 Å². The third kappa shape index (κ3) is 3.35. The SMILES string of the molecule is COc1ccc(OC2CCOC3(CCOC3)C2)c(CBr)c1. The van der Waals surface area contributed by atoms with Crippen LogP contribution in [0.4, 0.5) is 0 Å². The third-order valence-corrected chi connectivity index (χ3v) is 4.82. The second-order valence-corrected chi connectivity index (χ2v) is 6.23. The van der Waals surface area contributed by atoms with Gasteiger partial charge in [0, 0.05) is 36.8 Å². The normalized spacial score (nSPS) is 28.8. The Kier molecular flexibility index (Phi) is 4.72. The number of hydrogen-bond acceptors (Lipinski definition) is 4. The second-order valence-electron chi connectivity index (χ2n) is 5.67. The summed E-state index contributed by atoms with van der Waals surface area (Å²) in [5, 5.41) is 0.747. The van der Waals surface area contributed by atoms with Crippen LogP contribution >= 0.6 is 15.9 Å². The summed E-state index contributed by atoms with van der Waals surface area (Å²) in [7, 11) is 1.68. The summed E-state index contributed by atoms with van der Waals surface area (Å²) in [5.74, 6) is 1.78. The van der Waals surface area contributed by atoms with Crippen LogP contribution in [0.1, 0.15) is 24.8 Å². The first-order valence-corrected chi connectivity index (χ1v) is 8.48. The van der Waals surface area contributed by atoms with Gasteiger partial charge in [-0.15, -0.1) is 0 Å². The van der Waals surface area contributed by atoms with Crippen LogP contribution in [0.3, 0.4) is 0 Å². The van der Waals surface area contributed by atoms with E-state index >= 15 is 0 Å². The molecular weight excluding hydrogens is 336 g/mol. The number of hydrogen-bond donors (Lipinski definition) is 0. The molecule has 0 aromatic heterocycles. The molecule has 2 aliphatic rings. The number of halogens is 1. The van der Waals surface area contributed by atoms with Crippen molar-refractivity contribution >= 4 is 15.9 Å². The van der Waals surface area contributed by atoms with Crippen molar-refractivity contribution in [1.82, 2.24) is 0 Å². The molecule has 2 saturated heterocycles. The molecule has 2 fully saturated rings. The minimum atomic E-state index is -0.121. The van der Waals surface area contributed by atoms with Gasteiger partial charge in [0.2, 0.25) is 0 Å². The Balaban J connectivity index is 1.71. The van der Waals surface area contributed by atoms with Crippen molar-refractivity contribution in [3.05, 3.63) is 23.8 Å². The minimum absolute atomic E-state index is 0.121. The second kappa shape index (κ2) is 6.55. The van der Waals surface area contributed by atoms with Gasteiger partial charge in [0.1, 0.15) is 17.6 Å². The Morgan fingerprint density at radius 2 is 2.29 bits per heavy atom. The lowest BCUT2D eigenvalue weighted by Gasteiger charge is -2.37. The summed E-state index contributed by atoms with van der Waals surface area (Å²) >= 11 is 3.52. The number of methoxy groups -OCH3 is 1. The Morgan fingerprint density at radius 1 is 1.38 bits per heavy atom. The molecule has 1 aromatic carbocycles. The highest BCUT2D eigenvalue weighted by Gasteiger charge is 2.41. The Morgan fingerprint density at radius 3 is 3.00 bits per heavy atom. The summed E-state index contributed by atoms with van der Waals surface area (Å²) in [6.07, 6.45) is 2.99. The van der Waals surface area contributed by atoms with E-state index in [2.05, 4.69) is 15.9 Å². The minimum Gasteiger partial charge on any atom is -0.497 e. The largest absolute Gasteiger partial charge is 0.497 e. The molecular formula is C16H21BrO4. The van der Waals surface area contributed by atoms with Crippen LogP contribution in [0, 0.1) is 0 Å². The van der Waals surface area contributed by atoms with Crippen LogP contribution in [0.25, 0.3) is 0 Å². The van der Waals surface area contributed by atoms with Gasteiger partial charge >= 0.3 is 0 Å². The van der Waals surface area contributed by atoms with Gasteiger partial charge in [-0.3, -0.25) is 0 Å². The number of rotatable bonds is 4. The predicted octanol–water partition coefficient (Wildman–Crippen LogP) is 3.31. The van der Waals surface area contributed by atoms with E-state index in [1.54, 1.807) is 7.11 Å². The molecule has 21 heavy (non-hydrogen) atoms. The van der Waals surface area contributed by atoms with Gasteiger partial charge in [0.05, 0.1) is 25.9 Å². The first kappa shape index (κ1) is 15.1. The Bertz CT molecular complexity index is 485. The Labute approximate surface area is 133 Å². The molecule has 116 valence electrons. The van der Waals surface area contributed by atoms with E-state index in [0.29, 0.717) is 6.61 Å². The predicted molar refractivity (Wildman–Crippen MR) is 83.4 cm³/mol. The van der Waals surface area contributed by atoms with Crippen molar-refractivity contribution in [3.63, 3.8) is 0 Å². The molecule has 3 rings (SSSR count). The zero-order chi connectivity index (χ0) is 14.7. The molecule has 0 amide bonds. The smallest absolute Gasteiger partial charge is 0.124 e. The molecule has 4 nitrogen and oxygen atoms in total. The van der Waals surface area contributed by atoms with E-state index in [1.807, 2.05) is 18.2 Å². The lowest BCUT2D eigenvalue weighted by molar-refractivity contribution is -0.112. The summed E-state index contributed by atoms with van der Waals surface area (Å²) < 4.78 is 23.0. The van der Waals surface area contributed by atoms with Gasteiger partial charge < -0.3 is 18.9 Å². The van der Waals surface area contributed by atoms with Gasteiger partial charge in [-0.2, -0.15) is 0 Å². The maximum Gasteiger partial charge on any atom is 0.124 e. The summed E-state index contributed by atoms with van der Waals surface area (Å²) in [6.45, 7) is 2.23. The van der Waals surface area contributed by atoms with Crippen molar-refractivity contribution in [3.8, 4) is 11.5 Å². The highest BCUT2D eigenvalue weighted by atomic mass is 79.9. The van der Waals surface area contributed by atoms with E-state index < -0.39 is 0 Å². The molecule has 0 N–H and O–H groups in total. The molecule has 0 bridgehead atoms. The fourth-order valence-corrected chi connectivity index (χ4v) is 3.47. The molecule has 2 aliphatic heterocycles. The monoisotopic (exact) mass is 356 g/mol. The zero-order valence-electron chi connectivity index (χ0n) is 12.3. The average molecular weight is 357 g/mol. The molecule has 2 heterocycles. The zero-order valence-corrected chi connectivity index (χ0v) is 13.9. The molecule has 0 aliphatic carbocycles. The lowest BCUT2D eigenvalue weighted by atomic mass is 9.91. The van der Waals surface area contributed by atoms with E-state index in [0.717, 1.165) is 54.9 Å². The first-order valence-electron chi connectivity index (χ1n) is 7.36. The summed E-state index contributed by atoms with van der Waals surface area (Å²) in [6, 6.07) is 5.94. The first-order chi connectivity index (χ1) is 10.2. The number of benzene rings is 1. The maximum atomic E-state index is 6.24. The van der Waals surface area contributed by atoms with Gasteiger partial charge in [-0.1, -0.05) is 15.9 Å². The molecule has 2 atom stereocenters. The lowest BCUT2D eigenvalue weighted by Crippen LogP contribution is -2.44. The molecule has 5 heteroatoms. The molecule has 1 aromatic rings. The van der Waals surface area contributed by atoms with E-state index in [4.69, 9.17) is 18.9 Å². The topological polar surface area (TPSA) is 36.9 Å². The van der Waals surface area contributed by atoms with Crippen LogP contribution in [0.15, 0.2) is 18.2 Å². The molecule has 1 spiro atoms. The summed E-state index contributed by atoms with van der Waals surface area (Å²) in [4.78, 5) is 0. The fourth-order valence-electron chi connectivity index (χ4n) is 3.03. The standard InChI is InChI=1S/C16H21BrO4/c1-18-13-2-3-15(12(8-13)10-17)21-14-4-6-20-16(9-14)5-7-19-11-16/h2-3,8,14H,4-7,9-11H2,1H3. The average Bonchev–Trinajstić information content (AvgIpc) is 2.95. The molecule has 0 radical (unpaired) electrons. The van der Waals surface area contributed by atoms with Crippen molar-refractivity contribution in [1.29, 1.82) is 0 Å². The number of alkyl halides is 1. The fraction of sp³-hybridized carbons (Fsp3) is 0.625. The van der Waals surface area contributed by atoms with Crippen molar-refractivity contribution in [2.45, 2.75) is 36.3 Å². The highest BCUT2D eigenvalue weighted by molar-refractivity contribution is 9.08. The van der Waals surface area contributed by atoms with Gasteiger partial charge in [0.25, 0.3) is 0 Å². The van der Waals surface area contributed by atoms with Crippen LogP contribution in [-0.2, 0) is 14.8 Å². The van der Waals surface area contributed by atoms with Crippen LogP contribution in [-0.4, -0.2) is 38.6 Å². The molecule has 0 saturated carbocycles. The quantitative estimate of drug-likeness (QED) is 0.775. The van der Waals surface area contributed by atoms with Gasteiger partial charge in [-0.05, 0) is 18.2 Å². The van der Waals surface area contributed by atoms with E-state index in [9.17, 15) is 0 Å². The van der Waals surface area contributed by atoms with Crippen molar-refractivity contribution < 1.29 is 18.9 Å². The highest BCUT2D eigenvalue weighted by Crippen LogP contribution is 2.36. The molecule has 2 unspecified atom stereocenters. The van der Waals surface area contributed by atoms with E-state index in [-0.39, 0.29) is 11.7 Å². The van der Waals surface area contributed by atoms with Crippen LogP contribution in [0.5, 0.6) is 11.5 Å². The summed E-state index contributed by atoms with van der Waals surface area (Å²) in [5.41, 5.74) is 0.988. The Hall–Kier alpha value is -0.780. The van der Waals surface area contributed by atoms with Gasteiger partial charge in [0.15, 0.2) is 0 Å². The number of ether oxygens (including phenoxy) is 4.